The Morgan fingerprint density at radius 2 is 1.86 bits per heavy atom. The Bertz CT molecular complexity index is 961. The molecule has 1 unspecified atom stereocenters. The molecule has 2 aromatic carbocycles. The van der Waals surface area contributed by atoms with Crippen LogP contribution >= 0.6 is 0 Å². The Balaban J connectivity index is 1.81. The first-order valence-corrected chi connectivity index (χ1v) is 8.84. The first-order chi connectivity index (χ1) is 13.6. The van der Waals surface area contributed by atoms with E-state index in [0.29, 0.717) is 0 Å². The number of methoxy groups -OCH3 is 2. The maximum Gasteiger partial charge on any atom is 0.244 e. The number of hydrogen-bond acceptors (Lipinski definition) is 4. The lowest BCUT2D eigenvalue weighted by Gasteiger charge is -2.18. The van der Waals surface area contributed by atoms with Gasteiger partial charge >= 0.3 is 0 Å². The van der Waals surface area contributed by atoms with Crippen LogP contribution in [0.1, 0.15) is 23.0 Å². The highest BCUT2D eigenvalue weighted by atomic mass is 16.5. The molecule has 0 saturated carbocycles. The summed E-state index contributed by atoms with van der Waals surface area (Å²) >= 11 is 0. The molecule has 0 aliphatic heterocycles. The molecule has 28 heavy (non-hydrogen) atoms. The zero-order valence-electron chi connectivity index (χ0n) is 16.1. The first kappa shape index (κ1) is 19.2. The van der Waals surface area contributed by atoms with Crippen molar-refractivity contribution in [2.24, 2.45) is 7.05 Å². The zero-order chi connectivity index (χ0) is 19.9. The first-order valence-electron chi connectivity index (χ1n) is 8.84. The number of amides is 1. The molecule has 0 spiro atoms. The van der Waals surface area contributed by atoms with Crippen LogP contribution in [0.25, 0.3) is 6.08 Å². The maximum atomic E-state index is 12.6. The number of rotatable bonds is 7. The van der Waals surface area contributed by atoms with Crippen molar-refractivity contribution >= 4 is 12.0 Å². The number of nitrogens with zero attached hydrogens (tertiary/aromatic N) is 2. The van der Waals surface area contributed by atoms with Crippen LogP contribution in [-0.4, -0.2) is 29.7 Å². The third kappa shape index (κ3) is 4.59. The minimum atomic E-state index is -0.381. The van der Waals surface area contributed by atoms with E-state index >= 15 is 0 Å². The number of nitrogens with one attached hydrogen (secondary N) is 1. The molecule has 1 amide bonds. The summed E-state index contributed by atoms with van der Waals surface area (Å²) < 4.78 is 12.3. The van der Waals surface area contributed by atoms with Gasteiger partial charge in [0, 0.05) is 25.5 Å². The second kappa shape index (κ2) is 8.90. The lowest BCUT2D eigenvalue weighted by molar-refractivity contribution is -0.117. The van der Waals surface area contributed by atoms with Crippen LogP contribution < -0.4 is 14.8 Å². The van der Waals surface area contributed by atoms with E-state index in [-0.39, 0.29) is 11.9 Å². The minimum Gasteiger partial charge on any atom is -0.497 e. The van der Waals surface area contributed by atoms with Gasteiger partial charge in [-0.3, -0.25) is 4.79 Å². The fourth-order valence-electron chi connectivity index (χ4n) is 2.86. The van der Waals surface area contributed by atoms with Crippen molar-refractivity contribution in [1.82, 2.24) is 14.9 Å². The Hall–Kier alpha value is -3.54. The van der Waals surface area contributed by atoms with Gasteiger partial charge in [0.15, 0.2) is 0 Å². The van der Waals surface area contributed by atoms with Gasteiger partial charge in [-0.05, 0) is 41.5 Å². The number of carbonyl (C=O) groups is 1. The van der Waals surface area contributed by atoms with Gasteiger partial charge in [0.05, 0.1) is 14.2 Å². The molecule has 3 rings (SSSR count). The number of carbonyl (C=O) groups excluding carboxylic acids is 1. The fourth-order valence-corrected chi connectivity index (χ4v) is 2.86. The SMILES string of the molecule is COc1ccc(C(NC(=O)/C=C/c2cccc(OC)c2)c2nccn2C)cc1. The van der Waals surface area contributed by atoms with Crippen molar-refractivity contribution < 1.29 is 14.3 Å². The van der Waals surface area contributed by atoms with Crippen LogP contribution in [0.4, 0.5) is 0 Å². The van der Waals surface area contributed by atoms with Crippen molar-refractivity contribution in [2.45, 2.75) is 6.04 Å². The van der Waals surface area contributed by atoms with Gasteiger partial charge in [-0.15, -0.1) is 0 Å². The van der Waals surface area contributed by atoms with Crippen molar-refractivity contribution in [3.05, 3.63) is 84.0 Å². The van der Waals surface area contributed by atoms with Crippen LogP contribution in [0.15, 0.2) is 67.0 Å². The molecular weight excluding hydrogens is 354 g/mol. The van der Waals surface area contributed by atoms with Crippen molar-refractivity contribution in [3.63, 3.8) is 0 Å². The third-order valence-electron chi connectivity index (χ3n) is 4.37. The number of aryl methyl sites for hydroxylation is 1. The van der Waals surface area contributed by atoms with Gasteiger partial charge in [0.1, 0.15) is 23.4 Å². The summed E-state index contributed by atoms with van der Waals surface area (Å²) in [4.78, 5) is 17.0. The lowest BCUT2D eigenvalue weighted by Crippen LogP contribution is -2.29. The van der Waals surface area contributed by atoms with Crippen LogP contribution in [0.2, 0.25) is 0 Å². The quantitative estimate of drug-likeness (QED) is 0.641. The number of aromatic nitrogens is 2. The molecule has 0 radical (unpaired) electrons. The molecular formula is C22H23N3O3. The Morgan fingerprint density at radius 1 is 1.11 bits per heavy atom. The third-order valence-corrected chi connectivity index (χ3v) is 4.37. The Kier molecular flexibility index (Phi) is 6.11. The van der Waals surface area contributed by atoms with Crippen molar-refractivity contribution in [3.8, 4) is 11.5 Å². The topological polar surface area (TPSA) is 65.4 Å². The Morgan fingerprint density at radius 3 is 2.50 bits per heavy atom. The minimum absolute atomic E-state index is 0.216. The van der Waals surface area contributed by atoms with Crippen LogP contribution in [0.5, 0.6) is 11.5 Å². The summed E-state index contributed by atoms with van der Waals surface area (Å²) in [6.07, 6.45) is 6.82. The van der Waals surface area contributed by atoms with E-state index in [1.165, 1.54) is 6.08 Å². The molecule has 0 aliphatic carbocycles. The molecule has 1 aromatic heterocycles. The van der Waals surface area contributed by atoms with Crippen LogP contribution in [0, 0.1) is 0 Å². The van der Waals surface area contributed by atoms with Crippen LogP contribution in [-0.2, 0) is 11.8 Å². The molecule has 6 heteroatoms. The van der Waals surface area contributed by atoms with Crippen molar-refractivity contribution in [2.75, 3.05) is 14.2 Å². The van der Waals surface area contributed by atoms with Gasteiger partial charge in [-0.1, -0.05) is 24.3 Å². The maximum absolute atomic E-state index is 12.6. The van der Waals surface area contributed by atoms with E-state index in [9.17, 15) is 4.79 Å². The summed E-state index contributed by atoms with van der Waals surface area (Å²) in [6, 6.07) is 14.7. The predicted molar refractivity (Wildman–Crippen MR) is 108 cm³/mol. The second-order valence-electron chi connectivity index (χ2n) is 6.22. The monoisotopic (exact) mass is 377 g/mol. The summed E-state index contributed by atoms with van der Waals surface area (Å²) in [7, 11) is 5.13. The van der Waals surface area contributed by atoms with E-state index in [1.54, 1.807) is 26.5 Å². The predicted octanol–water partition coefficient (Wildman–Crippen LogP) is 3.36. The molecule has 3 aromatic rings. The van der Waals surface area contributed by atoms with Gasteiger partial charge in [0.25, 0.3) is 0 Å². The highest BCUT2D eigenvalue weighted by Gasteiger charge is 2.20. The van der Waals surface area contributed by atoms with Crippen LogP contribution in [0.3, 0.4) is 0 Å². The highest BCUT2D eigenvalue weighted by Crippen LogP contribution is 2.23. The molecule has 0 saturated heterocycles. The fraction of sp³-hybridized carbons (Fsp3) is 0.182. The summed E-state index contributed by atoms with van der Waals surface area (Å²) in [5.41, 5.74) is 1.80. The van der Waals surface area contributed by atoms with E-state index < -0.39 is 0 Å². The van der Waals surface area contributed by atoms with E-state index in [4.69, 9.17) is 9.47 Å². The van der Waals surface area contributed by atoms with Gasteiger partial charge < -0.3 is 19.4 Å². The summed E-state index contributed by atoms with van der Waals surface area (Å²) in [5, 5.41) is 3.03. The molecule has 1 N–H and O–H groups in total. The summed E-state index contributed by atoms with van der Waals surface area (Å²) in [6.45, 7) is 0. The molecule has 144 valence electrons. The largest absolute Gasteiger partial charge is 0.497 e. The number of hydrogen-bond donors (Lipinski definition) is 1. The molecule has 1 atom stereocenters. The molecule has 0 bridgehead atoms. The van der Waals surface area contributed by atoms with E-state index in [1.807, 2.05) is 66.3 Å². The number of benzene rings is 2. The smallest absolute Gasteiger partial charge is 0.244 e. The van der Waals surface area contributed by atoms with Gasteiger partial charge in [-0.25, -0.2) is 4.98 Å². The molecule has 1 heterocycles. The average molecular weight is 377 g/mol. The van der Waals surface area contributed by atoms with Crippen molar-refractivity contribution in [1.29, 1.82) is 0 Å². The molecule has 6 nitrogen and oxygen atoms in total. The zero-order valence-corrected chi connectivity index (χ0v) is 16.1. The standard InChI is InChI=1S/C22H23N3O3/c1-25-14-13-23-22(25)21(17-8-10-18(27-2)11-9-17)24-20(26)12-7-16-5-4-6-19(15-16)28-3/h4-15,21H,1-3H3,(H,24,26)/b12-7+. The molecule has 0 aliphatic rings. The normalized spacial score (nSPS) is 12.0. The van der Waals surface area contributed by atoms with E-state index in [0.717, 1.165) is 28.5 Å². The summed E-state index contributed by atoms with van der Waals surface area (Å²) in [5.74, 6) is 2.03. The Labute approximate surface area is 164 Å². The number of imidazole rings is 1. The molecule has 0 fully saturated rings. The van der Waals surface area contributed by atoms with Gasteiger partial charge in [-0.2, -0.15) is 0 Å². The van der Waals surface area contributed by atoms with Gasteiger partial charge in [0.2, 0.25) is 5.91 Å². The second-order valence-corrected chi connectivity index (χ2v) is 6.22. The highest BCUT2D eigenvalue weighted by molar-refractivity contribution is 5.92. The lowest BCUT2D eigenvalue weighted by atomic mass is 10.1. The average Bonchev–Trinajstić information content (AvgIpc) is 3.16. The number of ether oxygens (including phenoxy) is 2. The van der Waals surface area contributed by atoms with E-state index in [2.05, 4.69) is 10.3 Å².